The highest BCUT2D eigenvalue weighted by molar-refractivity contribution is 5.76. The van der Waals surface area contributed by atoms with Gasteiger partial charge in [0.1, 0.15) is 17.5 Å². The molecular formula is C11H12N2O2. The maximum atomic E-state index is 5.75. The minimum absolute atomic E-state index is 0.184. The summed E-state index contributed by atoms with van der Waals surface area (Å²) in [7, 11) is 0. The van der Waals surface area contributed by atoms with Crippen LogP contribution in [0.4, 0.5) is 0 Å². The number of hydrogen-bond donors (Lipinski definition) is 1. The number of ether oxygens (including phenoxy) is 2. The summed E-state index contributed by atoms with van der Waals surface area (Å²) in [6.45, 7) is 1.48. The Labute approximate surface area is 87.2 Å². The van der Waals surface area contributed by atoms with Crippen LogP contribution in [-0.4, -0.2) is 29.3 Å². The van der Waals surface area contributed by atoms with E-state index in [2.05, 4.69) is 9.97 Å². The molecule has 78 valence electrons. The highest BCUT2D eigenvalue weighted by atomic mass is 16.5. The molecule has 0 radical (unpaired) electrons. The number of hydrogen-bond acceptors (Lipinski definition) is 3. The lowest BCUT2D eigenvalue weighted by Crippen LogP contribution is -2.15. The molecule has 0 aliphatic carbocycles. The normalized spacial score (nSPS) is 20.9. The first-order valence-corrected chi connectivity index (χ1v) is 5.09. The molecule has 3 rings (SSSR count). The third kappa shape index (κ3) is 1.68. The summed E-state index contributed by atoms with van der Waals surface area (Å²) in [6.07, 6.45) is 4.77. The van der Waals surface area contributed by atoms with Crippen LogP contribution >= 0.6 is 0 Å². The monoisotopic (exact) mass is 204 g/mol. The van der Waals surface area contributed by atoms with Gasteiger partial charge < -0.3 is 14.5 Å². The molecule has 2 aromatic heterocycles. The van der Waals surface area contributed by atoms with Crippen molar-refractivity contribution in [2.75, 3.05) is 13.2 Å². The number of aromatic nitrogens is 2. The summed E-state index contributed by atoms with van der Waals surface area (Å²) in [5.41, 5.74) is 0.894. The van der Waals surface area contributed by atoms with Gasteiger partial charge in [0.2, 0.25) is 0 Å². The fourth-order valence-corrected chi connectivity index (χ4v) is 1.78. The van der Waals surface area contributed by atoms with Gasteiger partial charge in [-0.25, -0.2) is 4.98 Å². The average molecular weight is 204 g/mol. The maximum absolute atomic E-state index is 5.75. The quantitative estimate of drug-likeness (QED) is 0.810. The van der Waals surface area contributed by atoms with Crippen molar-refractivity contribution in [3.63, 3.8) is 0 Å². The Morgan fingerprint density at radius 1 is 1.53 bits per heavy atom. The molecule has 0 spiro atoms. The standard InChI is InChI=1S/C11H12N2O2/c1-3-12-11-8(1)5-10(6-13-11)15-9-2-4-14-7-9/h1,3,5-6,9H,2,4,7H2,(H,12,13). The number of rotatable bonds is 2. The number of nitrogens with zero attached hydrogens (tertiary/aromatic N) is 1. The van der Waals surface area contributed by atoms with Gasteiger partial charge >= 0.3 is 0 Å². The Morgan fingerprint density at radius 2 is 2.53 bits per heavy atom. The van der Waals surface area contributed by atoms with Gasteiger partial charge in [0, 0.05) is 18.0 Å². The zero-order valence-corrected chi connectivity index (χ0v) is 8.27. The molecule has 4 heteroatoms. The molecule has 1 unspecified atom stereocenters. The predicted molar refractivity (Wildman–Crippen MR) is 55.9 cm³/mol. The molecule has 0 amide bonds. The Morgan fingerprint density at radius 3 is 3.40 bits per heavy atom. The third-order valence-electron chi connectivity index (χ3n) is 2.57. The van der Waals surface area contributed by atoms with Crippen LogP contribution in [0.1, 0.15) is 6.42 Å². The Balaban J connectivity index is 1.84. The Bertz CT molecular complexity index is 460. The highest BCUT2D eigenvalue weighted by Crippen LogP contribution is 2.20. The molecule has 15 heavy (non-hydrogen) atoms. The van der Waals surface area contributed by atoms with Crippen LogP contribution in [0, 0.1) is 0 Å². The average Bonchev–Trinajstić information content (AvgIpc) is 2.87. The van der Waals surface area contributed by atoms with Crippen LogP contribution in [0.2, 0.25) is 0 Å². The molecule has 1 N–H and O–H groups in total. The summed E-state index contributed by atoms with van der Waals surface area (Å²) in [6, 6.07) is 3.98. The second-order valence-corrected chi connectivity index (χ2v) is 3.69. The maximum Gasteiger partial charge on any atom is 0.138 e. The molecule has 0 saturated carbocycles. The first-order chi connectivity index (χ1) is 7.42. The van der Waals surface area contributed by atoms with E-state index in [1.54, 1.807) is 6.20 Å². The van der Waals surface area contributed by atoms with E-state index in [9.17, 15) is 0 Å². The third-order valence-corrected chi connectivity index (χ3v) is 2.57. The Hall–Kier alpha value is -1.55. The number of pyridine rings is 1. The van der Waals surface area contributed by atoms with Gasteiger partial charge in [-0.05, 0) is 12.1 Å². The molecule has 1 aliphatic heterocycles. The van der Waals surface area contributed by atoms with E-state index in [-0.39, 0.29) is 6.10 Å². The molecule has 0 aromatic carbocycles. The van der Waals surface area contributed by atoms with Crippen molar-refractivity contribution in [3.05, 3.63) is 24.5 Å². The van der Waals surface area contributed by atoms with Crippen molar-refractivity contribution in [2.45, 2.75) is 12.5 Å². The largest absolute Gasteiger partial charge is 0.486 e. The minimum atomic E-state index is 0.184. The zero-order chi connectivity index (χ0) is 10.1. The van der Waals surface area contributed by atoms with E-state index in [0.29, 0.717) is 6.61 Å². The first-order valence-electron chi connectivity index (χ1n) is 5.09. The summed E-state index contributed by atoms with van der Waals surface area (Å²) in [5, 5.41) is 1.08. The van der Waals surface area contributed by atoms with Crippen molar-refractivity contribution in [2.24, 2.45) is 0 Å². The van der Waals surface area contributed by atoms with Gasteiger partial charge in [-0.2, -0.15) is 0 Å². The molecule has 1 aliphatic rings. The van der Waals surface area contributed by atoms with E-state index < -0.39 is 0 Å². The molecule has 4 nitrogen and oxygen atoms in total. The topological polar surface area (TPSA) is 47.1 Å². The van der Waals surface area contributed by atoms with Crippen LogP contribution in [0.25, 0.3) is 11.0 Å². The highest BCUT2D eigenvalue weighted by Gasteiger charge is 2.17. The van der Waals surface area contributed by atoms with Crippen LogP contribution in [0.15, 0.2) is 24.5 Å². The van der Waals surface area contributed by atoms with Crippen molar-refractivity contribution < 1.29 is 9.47 Å². The lowest BCUT2D eigenvalue weighted by Gasteiger charge is -2.10. The molecule has 2 aromatic rings. The lowest BCUT2D eigenvalue weighted by atomic mass is 10.3. The number of aromatic amines is 1. The number of fused-ring (bicyclic) bond motifs is 1. The van der Waals surface area contributed by atoms with E-state index in [1.165, 1.54) is 0 Å². The second kappa shape index (κ2) is 3.55. The molecule has 0 bridgehead atoms. The predicted octanol–water partition coefficient (Wildman–Crippen LogP) is 1.73. The molecule has 1 atom stereocenters. The minimum Gasteiger partial charge on any atom is -0.486 e. The number of nitrogens with one attached hydrogen (secondary N) is 1. The smallest absolute Gasteiger partial charge is 0.138 e. The van der Waals surface area contributed by atoms with Crippen molar-refractivity contribution >= 4 is 11.0 Å². The summed E-state index contributed by atoms with van der Waals surface area (Å²) < 4.78 is 11.0. The van der Waals surface area contributed by atoms with Crippen LogP contribution in [-0.2, 0) is 4.74 Å². The fraction of sp³-hybridized carbons (Fsp3) is 0.364. The SMILES string of the molecule is c1cc2cc(OC3CCOC3)cnc2[nH]1. The van der Waals surface area contributed by atoms with Crippen molar-refractivity contribution in [3.8, 4) is 5.75 Å². The van der Waals surface area contributed by atoms with Crippen LogP contribution < -0.4 is 4.74 Å². The van der Waals surface area contributed by atoms with Gasteiger partial charge in [-0.1, -0.05) is 0 Å². The molecular weight excluding hydrogens is 192 g/mol. The van der Waals surface area contributed by atoms with Crippen LogP contribution in [0.5, 0.6) is 5.75 Å². The van der Waals surface area contributed by atoms with E-state index >= 15 is 0 Å². The summed E-state index contributed by atoms with van der Waals surface area (Å²) in [4.78, 5) is 7.31. The van der Waals surface area contributed by atoms with E-state index in [0.717, 1.165) is 29.8 Å². The number of H-pyrrole nitrogens is 1. The van der Waals surface area contributed by atoms with E-state index in [1.807, 2.05) is 18.3 Å². The van der Waals surface area contributed by atoms with Gasteiger partial charge in [0.25, 0.3) is 0 Å². The zero-order valence-electron chi connectivity index (χ0n) is 8.27. The Kier molecular flexibility index (Phi) is 2.07. The van der Waals surface area contributed by atoms with Gasteiger partial charge in [-0.15, -0.1) is 0 Å². The molecule has 3 heterocycles. The van der Waals surface area contributed by atoms with Crippen molar-refractivity contribution in [1.29, 1.82) is 0 Å². The lowest BCUT2D eigenvalue weighted by molar-refractivity contribution is 0.141. The van der Waals surface area contributed by atoms with Crippen LogP contribution in [0.3, 0.4) is 0 Å². The molecule has 1 fully saturated rings. The van der Waals surface area contributed by atoms with E-state index in [4.69, 9.17) is 9.47 Å². The van der Waals surface area contributed by atoms with Gasteiger partial charge in [0.05, 0.1) is 19.4 Å². The van der Waals surface area contributed by atoms with Gasteiger partial charge in [0.15, 0.2) is 0 Å². The first kappa shape index (κ1) is 8.73. The second-order valence-electron chi connectivity index (χ2n) is 3.69. The summed E-state index contributed by atoms with van der Waals surface area (Å²) >= 11 is 0. The van der Waals surface area contributed by atoms with Gasteiger partial charge in [-0.3, -0.25) is 0 Å². The van der Waals surface area contributed by atoms with Crippen molar-refractivity contribution in [1.82, 2.24) is 9.97 Å². The molecule has 1 saturated heterocycles. The summed E-state index contributed by atoms with van der Waals surface area (Å²) in [5.74, 6) is 0.817. The fourth-order valence-electron chi connectivity index (χ4n) is 1.78.